The molecule has 0 aromatic heterocycles. The minimum absolute atomic E-state index is 0. The third kappa shape index (κ3) is 5.34. The van der Waals surface area contributed by atoms with Gasteiger partial charge in [-0.15, -0.1) is 0 Å². The third-order valence-corrected chi connectivity index (χ3v) is 5.99. The highest BCUT2D eigenvalue weighted by Crippen LogP contribution is 2.39. The van der Waals surface area contributed by atoms with E-state index in [-0.39, 0.29) is 18.3 Å². The number of anilines is 1. The number of hydrazine groups is 1. The number of nitrogens with two attached hydrogens (primary N) is 1. The van der Waals surface area contributed by atoms with E-state index in [0.717, 1.165) is 22.6 Å². The molecule has 2 aromatic carbocycles. The highest BCUT2D eigenvalue weighted by molar-refractivity contribution is 6.03. The van der Waals surface area contributed by atoms with Crippen LogP contribution in [0.5, 0.6) is 0 Å². The van der Waals surface area contributed by atoms with Gasteiger partial charge in [0.25, 0.3) is 5.91 Å². The normalized spacial score (nSPS) is 15.0. The van der Waals surface area contributed by atoms with Crippen molar-refractivity contribution in [3.8, 4) is 11.1 Å². The molecule has 0 radical (unpaired) electrons. The van der Waals surface area contributed by atoms with E-state index in [4.69, 9.17) is 5.84 Å². The Morgan fingerprint density at radius 3 is 2.19 bits per heavy atom. The highest BCUT2D eigenvalue weighted by atomic mass is 16.1. The lowest BCUT2D eigenvalue weighted by Gasteiger charge is -2.31. The summed E-state index contributed by atoms with van der Waals surface area (Å²) >= 11 is 0. The van der Waals surface area contributed by atoms with Crippen LogP contribution in [-0.2, 0) is 0 Å². The average Bonchev–Trinajstić information content (AvgIpc) is 3.53. The van der Waals surface area contributed by atoms with Crippen molar-refractivity contribution >= 4 is 17.4 Å². The minimum Gasteiger partial charge on any atom is -0.347 e. The summed E-state index contributed by atoms with van der Waals surface area (Å²) in [6, 6.07) is 14.1. The molecule has 3 rings (SSSR count). The second-order valence-electron chi connectivity index (χ2n) is 10.3. The van der Waals surface area contributed by atoms with Gasteiger partial charge in [0.05, 0.1) is 5.69 Å². The van der Waals surface area contributed by atoms with Gasteiger partial charge in [0.1, 0.15) is 5.84 Å². The molecule has 1 aliphatic carbocycles. The van der Waals surface area contributed by atoms with E-state index in [9.17, 15) is 4.79 Å². The first-order valence-electron chi connectivity index (χ1n) is 11.0. The zero-order valence-electron chi connectivity index (χ0n) is 19.9. The monoisotopic (exact) mass is 422 g/mol. The Balaban J connectivity index is 0.00000363. The van der Waals surface area contributed by atoms with Gasteiger partial charge < -0.3 is 5.32 Å². The van der Waals surface area contributed by atoms with Gasteiger partial charge in [-0.05, 0) is 68.9 Å². The van der Waals surface area contributed by atoms with Gasteiger partial charge in [-0.1, -0.05) is 50.6 Å². The van der Waals surface area contributed by atoms with Crippen molar-refractivity contribution in [3.05, 3.63) is 53.6 Å². The second kappa shape index (κ2) is 8.46. The Morgan fingerprint density at radius 2 is 1.68 bits per heavy atom. The fourth-order valence-corrected chi connectivity index (χ4v) is 3.99. The number of hydrogen-bond donors (Lipinski definition) is 2. The standard InChI is InChI=1S/C26H36N4O.H2/c1-17-8-10-18(11-9-17)19-14-20(23(31)29-26(5,6)21-12-13-21)16-22(15-19)30(27)24(28-7)25(2,3)4;/h8-11,14-16,21H,12-13,27H2,1-7H3,(H,29,31);1H. The lowest BCUT2D eigenvalue weighted by atomic mass is 9.93. The molecule has 2 aromatic rings. The van der Waals surface area contributed by atoms with E-state index in [1.165, 1.54) is 18.4 Å². The summed E-state index contributed by atoms with van der Waals surface area (Å²) in [7, 11) is 1.75. The molecule has 1 fully saturated rings. The van der Waals surface area contributed by atoms with E-state index < -0.39 is 0 Å². The number of rotatable bonds is 5. The third-order valence-electron chi connectivity index (χ3n) is 5.99. The summed E-state index contributed by atoms with van der Waals surface area (Å²) in [4.78, 5) is 17.7. The number of amides is 1. The van der Waals surface area contributed by atoms with Crippen molar-refractivity contribution in [1.29, 1.82) is 0 Å². The number of hydrogen-bond acceptors (Lipinski definition) is 3. The van der Waals surface area contributed by atoms with Gasteiger partial charge in [-0.25, -0.2) is 5.84 Å². The maximum atomic E-state index is 13.2. The van der Waals surface area contributed by atoms with Gasteiger partial charge in [-0.3, -0.25) is 14.8 Å². The Kier molecular flexibility index (Phi) is 6.28. The lowest BCUT2D eigenvalue weighted by Crippen LogP contribution is -2.46. The average molecular weight is 423 g/mol. The number of aryl methyl sites for hydroxylation is 1. The molecule has 0 heterocycles. The van der Waals surface area contributed by atoms with Crippen LogP contribution >= 0.6 is 0 Å². The Bertz CT molecular complexity index is 986. The van der Waals surface area contributed by atoms with Crippen LogP contribution in [0.3, 0.4) is 0 Å². The van der Waals surface area contributed by atoms with Crippen LogP contribution in [-0.4, -0.2) is 24.3 Å². The fourth-order valence-electron chi connectivity index (χ4n) is 3.99. The summed E-state index contributed by atoms with van der Waals surface area (Å²) in [5, 5.41) is 4.83. The van der Waals surface area contributed by atoms with Crippen molar-refractivity contribution < 1.29 is 6.22 Å². The summed E-state index contributed by atoms with van der Waals surface area (Å²) < 4.78 is 0. The van der Waals surface area contributed by atoms with Crippen LogP contribution in [0.1, 0.15) is 64.8 Å². The number of nitrogens with one attached hydrogen (secondary N) is 1. The first kappa shape index (κ1) is 23.0. The van der Waals surface area contributed by atoms with Crippen LogP contribution in [0, 0.1) is 18.3 Å². The van der Waals surface area contributed by atoms with Crippen molar-refractivity contribution in [1.82, 2.24) is 5.32 Å². The van der Waals surface area contributed by atoms with E-state index >= 15 is 0 Å². The smallest absolute Gasteiger partial charge is 0.251 e. The van der Waals surface area contributed by atoms with Crippen LogP contribution in [0.2, 0.25) is 0 Å². The zero-order chi connectivity index (χ0) is 23.0. The van der Waals surface area contributed by atoms with Gasteiger partial charge in [-0.2, -0.15) is 0 Å². The van der Waals surface area contributed by atoms with E-state index in [0.29, 0.717) is 11.5 Å². The number of benzene rings is 2. The van der Waals surface area contributed by atoms with E-state index in [1.807, 2.05) is 18.2 Å². The Labute approximate surface area is 188 Å². The van der Waals surface area contributed by atoms with Gasteiger partial charge in [0, 0.05) is 25.0 Å². The molecule has 0 unspecified atom stereocenters. The summed E-state index contributed by atoms with van der Waals surface area (Å²) in [5.74, 6) is 7.75. The summed E-state index contributed by atoms with van der Waals surface area (Å²) in [5.41, 5.74) is 4.07. The number of aliphatic imine (C=N–C) groups is 1. The quantitative estimate of drug-likeness (QED) is 0.286. The molecule has 0 aliphatic heterocycles. The molecule has 0 bridgehead atoms. The van der Waals surface area contributed by atoms with Crippen LogP contribution in [0.25, 0.3) is 11.1 Å². The number of amidine groups is 1. The molecule has 0 spiro atoms. The SMILES string of the molecule is CN=C(N(N)c1cc(C(=O)NC(C)(C)C2CC2)cc(-c2ccc(C)cc2)c1)C(C)(C)C.[HH]. The van der Waals surface area contributed by atoms with Crippen LogP contribution in [0.4, 0.5) is 5.69 Å². The number of carbonyl (C=O) groups is 1. The molecule has 5 heteroatoms. The molecule has 1 saturated carbocycles. The van der Waals surface area contributed by atoms with Crippen molar-refractivity contribution in [2.24, 2.45) is 22.2 Å². The molecule has 5 nitrogen and oxygen atoms in total. The Hall–Kier alpha value is -2.66. The first-order valence-corrected chi connectivity index (χ1v) is 11.0. The predicted molar refractivity (Wildman–Crippen MR) is 132 cm³/mol. The maximum absolute atomic E-state index is 13.2. The molecule has 31 heavy (non-hydrogen) atoms. The topological polar surface area (TPSA) is 70.7 Å². The van der Waals surface area contributed by atoms with Crippen LogP contribution in [0.15, 0.2) is 47.5 Å². The van der Waals surface area contributed by atoms with Crippen LogP contribution < -0.4 is 16.2 Å². The summed E-state index contributed by atoms with van der Waals surface area (Å²) in [6.07, 6.45) is 2.33. The molecule has 3 N–H and O–H groups in total. The van der Waals surface area contributed by atoms with Crippen molar-refractivity contribution in [3.63, 3.8) is 0 Å². The molecule has 1 aliphatic rings. The van der Waals surface area contributed by atoms with Gasteiger partial charge in [0.2, 0.25) is 0 Å². The molecular weight excluding hydrogens is 384 g/mol. The number of nitrogens with zero attached hydrogens (tertiary/aromatic N) is 2. The number of carbonyl (C=O) groups excluding carboxylic acids is 1. The summed E-state index contributed by atoms with van der Waals surface area (Å²) in [6.45, 7) is 12.5. The lowest BCUT2D eigenvalue weighted by molar-refractivity contribution is 0.0903. The second-order valence-corrected chi connectivity index (χ2v) is 10.3. The predicted octanol–water partition coefficient (Wildman–Crippen LogP) is 5.58. The Morgan fingerprint density at radius 1 is 1.06 bits per heavy atom. The van der Waals surface area contributed by atoms with Crippen molar-refractivity contribution in [2.75, 3.05) is 12.1 Å². The molecule has 0 atom stereocenters. The molecule has 0 saturated heterocycles. The largest absolute Gasteiger partial charge is 0.347 e. The van der Waals surface area contributed by atoms with Gasteiger partial charge in [0.15, 0.2) is 0 Å². The minimum atomic E-state index is -0.236. The van der Waals surface area contributed by atoms with Crippen molar-refractivity contribution in [2.45, 2.75) is 59.9 Å². The molecular formula is C26H38N4O. The van der Waals surface area contributed by atoms with E-state index in [1.54, 1.807) is 12.1 Å². The van der Waals surface area contributed by atoms with Gasteiger partial charge >= 0.3 is 0 Å². The maximum Gasteiger partial charge on any atom is 0.251 e. The van der Waals surface area contributed by atoms with E-state index in [2.05, 4.69) is 76.1 Å². The molecule has 168 valence electrons. The zero-order valence-corrected chi connectivity index (χ0v) is 19.9. The highest BCUT2D eigenvalue weighted by Gasteiger charge is 2.39. The fraction of sp³-hybridized carbons (Fsp3) is 0.462. The first-order chi connectivity index (χ1) is 14.4. The molecule has 1 amide bonds.